The summed E-state index contributed by atoms with van der Waals surface area (Å²) < 4.78 is 0. The van der Waals surface area contributed by atoms with Crippen LogP contribution >= 0.6 is 0 Å². The average Bonchev–Trinajstić information content (AvgIpc) is 2.28. The van der Waals surface area contributed by atoms with Crippen molar-refractivity contribution in [2.45, 2.75) is 66.0 Å². The van der Waals surface area contributed by atoms with Gasteiger partial charge in [-0.2, -0.15) is 0 Å². The zero-order valence-electron chi connectivity index (χ0n) is 13.4. The number of likely N-dealkylation sites (N-methyl/N-ethyl adjacent to an activating group) is 2. The van der Waals surface area contributed by atoms with Gasteiger partial charge in [0.1, 0.15) is 0 Å². The summed E-state index contributed by atoms with van der Waals surface area (Å²) in [6, 6.07) is 1.40. The molecule has 2 heteroatoms. The topological polar surface area (TPSA) is 15.3 Å². The third-order valence-electron chi connectivity index (χ3n) is 4.70. The van der Waals surface area contributed by atoms with E-state index in [1.54, 1.807) is 0 Å². The molecule has 1 N–H and O–H groups in total. The number of hydrogen-bond acceptors (Lipinski definition) is 2. The summed E-state index contributed by atoms with van der Waals surface area (Å²) in [5.41, 5.74) is 0. The van der Waals surface area contributed by atoms with Crippen LogP contribution in [0.1, 0.15) is 53.9 Å². The monoisotopic (exact) mass is 254 g/mol. The van der Waals surface area contributed by atoms with Gasteiger partial charge in [-0.15, -0.1) is 0 Å². The first-order valence-corrected chi connectivity index (χ1v) is 7.93. The van der Waals surface area contributed by atoms with Gasteiger partial charge in [0.25, 0.3) is 0 Å². The molecular formula is C16H34N2. The lowest BCUT2D eigenvalue weighted by Gasteiger charge is -2.45. The van der Waals surface area contributed by atoms with Crippen LogP contribution in [0, 0.1) is 17.8 Å². The summed E-state index contributed by atoms with van der Waals surface area (Å²) in [7, 11) is 2.33. The Bertz CT molecular complexity index is 229. The molecule has 1 aliphatic carbocycles. The first kappa shape index (κ1) is 16.0. The Morgan fingerprint density at radius 1 is 1.22 bits per heavy atom. The summed E-state index contributed by atoms with van der Waals surface area (Å²) in [6.45, 7) is 14.1. The van der Waals surface area contributed by atoms with Crippen molar-refractivity contribution in [2.24, 2.45) is 17.8 Å². The average molecular weight is 254 g/mol. The molecule has 0 aliphatic heterocycles. The maximum Gasteiger partial charge on any atom is 0.0272 e. The van der Waals surface area contributed by atoms with Gasteiger partial charge < -0.3 is 10.2 Å². The van der Waals surface area contributed by atoms with Crippen molar-refractivity contribution < 1.29 is 0 Å². The van der Waals surface area contributed by atoms with Crippen LogP contribution < -0.4 is 5.32 Å². The predicted molar refractivity (Wildman–Crippen MR) is 80.9 cm³/mol. The van der Waals surface area contributed by atoms with Crippen molar-refractivity contribution in [3.05, 3.63) is 0 Å². The van der Waals surface area contributed by atoms with E-state index in [0.717, 1.165) is 30.3 Å². The van der Waals surface area contributed by atoms with E-state index in [2.05, 4.69) is 51.9 Å². The molecule has 0 spiro atoms. The molecule has 5 unspecified atom stereocenters. The third kappa shape index (κ3) is 4.24. The molecular weight excluding hydrogens is 220 g/mol. The van der Waals surface area contributed by atoms with Crippen molar-refractivity contribution in [1.29, 1.82) is 0 Å². The van der Waals surface area contributed by atoms with E-state index in [9.17, 15) is 0 Å². The smallest absolute Gasteiger partial charge is 0.0272 e. The highest BCUT2D eigenvalue weighted by Gasteiger charge is 2.35. The van der Waals surface area contributed by atoms with E-state index < -0.39 is 0 Å². The number of hydrogen-bond donors (Lipinski definition) is 1. The second-order valence-corrected chi connectivity index (χ2v) is 6.66. The van der Waals surface area contributed by atoms with Crippen LogP contribution in [0.2, 0.25) is 0 Å². The molecule has 1 rings (SSSR count). The highest BCUT2D eigenvalue weighted by molar-refractivity contribution is 4.93. The molecule has 5 atom stereocenters. The van der Waals surface area contributed by atoms with Crippen LogP contribution in [0.4, 0.5) is 0 Å². The molecule has 1 aliphatic rings. The van der Waals surface area contributed by atoms with E-state index in [0.29, 0.717) is 6.04 Å². The maximum atomic E-state index is 3.73. The van der Waals surface area contributed by atoms with Crippen LogP contribution in [0.25, 0.3) is 0 Å². The van der Waals surface area contributed by atoms with Crippen molar-refractivity contribution in [3.63, 3.8) is 0 Å². The normalized spacial score (nSPS) is 34.8. The zero-order chi connectivity index (χ0) is 13.7. The molecule has 0 radical (unpaired) electrons. The van der Waals surface area contributed by atoms with Gasteiger partial charge in [0, 0.05) is 18.6 Å². The summed E-state index contributed by atoms with van der Waals surface area (Å²) in [5.74, 6) is 2.49. The Balaban J connectivity index is 2.67. The Morgan fingerprint density at radius 2 is 1.89 bits per heavy atom. The highest BCUT2D eigenvalue weighted by Crippen LogP contribution is 2.32. The Morgan fingerprint density at radius 3 is 2.44 bits per heavy atom. The van der Waals surface area contributed by atoms with Crippen LogP contribution in [0.15, 0.2) is 0 Å². The van der Waals surface area contributed by atoms with E-state index in [4.69, 9.17) is 0 Å². The minimum absolute atomic E-state index is 0.683. The van der Waals surface area contributed by atoms with E-state index >= 15 is 0 Å². The van der Waals surface area contributed by atoms with Crippen molar-refractivity contribution in [3.8, 4) is 0 Å². The minimum atomic E-state index is 0.683. The molecule has 0 aromatic rings. The van der Waals surface area contributed by atoms with Crippen molar-refractivity contribution in [2.75, 3.05) is 20.1 Å². The Labute approximate surface area is 115 Å². The zero-order valence-corrected chi connectivity index (χ0v) is 13.4. The summed E-state index contributed by atoms with van der Waals surface area (Å²) in [5, 5.41) is 3.73. The van der Waals surface area contributed by atoms with Gasteiger partial charge in [-0.3, -0.25) is 0 Å². The molecule has 1 fully saturated rings. The highest BCUT2D eigenvalue weighted by atomic mass is 15.2. The van der Waals surface area contributed by atoms with Gasteiger partial charge in [-0.25, -0.2) is 0 Å². The Kier molecular flexibility index (Phi) is 6.65. The minimum Gasteiger partial charge on any atom is -0.313 e. The fourth-order valence-corrected chi connectivity index (χ4v) is 3.79. The van der Waals surface area contributed by atoms with E-state index in [-0.39, 0.29) is 0 Å². The van der Waals surface area contributed by atoms with Crippen molar-refractivity contribution in [1.82, 2.24) is 10.2 Å². The maximum absolute atomic E-state index is 3.73. The van der Waals surface area contributed by atoms with E-state index in [1.807, 2.05) is 0 Å². The SMILES string of the molecule is CCNC1CC(C)CC(C)C1N(C)CC(C)CC. The molecule has 0 saturated heterocycles. The quantitative estimate of drug-likeness (QED) is 0.782. The molecule has 108 valence electrons. The van der Waals surface area contributed by atoms with Gasteiger partial charge in [0.15, 0.2) is 0 Å². The first-order valence-electron chi connectivity index (χ1n) is 7.93. The number of rotatable bonds is 6. The predicted octanol–water partition coefficient (Wildman–Crippen LogP) is 3.38. The fraction of sp³-hybridized carbons (Fsp3) is 1.00. The van der Waals surface area contributed by atoms with Crippen LogP contribution in [0.3, 0.4) is 0 Å². The van der Waals surface area contributed by atoms with Gasteiger partial charge in [0.2, 0.25) is 0 Å². The van der Waals surface area contributed by atoms with E-state index in [1.165, 1.54) is 25.8 Å². The fourth-order valence-electron chi connectivity index (χ4n) is 3.79. The molecule has 0 aromatic carbocycles. The first-order chi connectivity index (χ1) is 8.49. The summed E-state index contributed by atoms with van der Waals surface area (Å²) in [6.07, 6.45) is 4.01. The molecule has 2 nitrogen and oxygen atoms in total. The number of nitrogens with one attached hydrogen (secondary N) is 1. The molecule has 0 heterocycles. The molecule has 0 bridgehead atoms. The van der Waals surface area contributed by atoms with Gasteiger partial charge >= 0.3 is 0 Å². The summed E-state index contributed by atoms with van der Waals surface area (Å²) >= 11 is 0. The van der Waals surface area contributed by atoms with Gasteiger partial charge in [-0.05, 0) is 44.2 Å². The van der Waals surface area contributed by atoms with Crippen LogP contribution in [0.5, 0.6) is 0 Å². The van der Waals surface area contributed by atoms with Gasteiger partial charge in [0.05, 0.1) is 0 Å². The van der Waals surface area contributed by atoms with Crippen molar-refractivity contribution >= 4 is 0 Å². The molecule has 18 heavy (non-hydrogen) atoms. The summed E-state index contributed by atoms with van der Waals surface area (Å²) in [4.78, 5) is 2.62. The molecule has 1 saturated carbocycles. The Hall–Kier alpha value is -0.0800. The largest absolute Gasteiger partial charge is 0.313 e. The number of nitrogens with zero attached hydrogens (tertiary/aromatic N) is 1. The second-order valence-electron chi connectivity index (χ2n) is 6.66. The molecule has 0 aromatic heterocycles. The molecule has 0 amide bonds. The van der Waals surface area contributed by atoms with Gasteiger partial charge in [-0.1, -0.05) is 41.0 Å². The lowest BCUT2D eigenvalue weighted by atomic mass is 9.75. The lowest BCUT2D eigenvalue weighted by Crippen LogP contribution is -2.56. The standard InChI is InChI=1S/C16H34N2/c1-7-12(3)11-18(6)16-14(5)9-13(4)10-15(16)17-8-2/h12-17H,7-11H2,1-6H3. The third-order valence-corrected chi connectivity index (χ3v) is 4.70. The van der Waals surface area contributed by atoms with Crippen LogP contribution in [-0.4, -0.2) is 37.1 Å². The van der Waals surface area contributed by atoms with Crippen LogP contribution in [-0.2, 0) is 0 Å². The lowest BCUT2D eigenvalue weighted by molar-refractivity contribution is 0.0712. The second kappa shape index (κ2) is 7.49.